The van der Waals surface area contributed by atoms with Gasteiger partial charge in [-0.15, -0.1) is 11.3 Å². The molecule has 0 aromatic carbocycles. The molecule has 0 saturated carbocycles. The summed E-state index contributed by atoms with van der Waals surface area (Å²) in [6.07, 6.45) is 5.84. The van der Waals surface area contributed by atoms with Crippen LogP contribution in [-0.2, 0) is 6.54 Å². The number of aromatic nitrogens is 2. The third-order valence-electron chi connectivity index (χ3n) is 5.12. The zero-order chi connectivity index (χ0) is 16.5. The van der Waals surface area contributed by atoms with Crippen molar-refractivity contribution in [2.75, 3.05) is 26.2 Å². The lowest BCUT2D eigenvalue weighted by Crippen LogP contribution is -2.43. The van der Waals surface area contributed by atoms with Crippen molar-refractivity contribution in [2.45, 2.75) is 19.9 Å². The van der Waals surface area contributed by atoms with Gasteiger partial charge in [-0.1, -0.05) is 0 Å². The SMILES string of the molecule is Cc1ccc(CN2C[C@@H]3CCN(C(=O)c4cnccn4)C[C@@H]3C2)s1. The minimum Gasteiger partial charge on any atom is -0.337 e. The number of aryl methyl sites for hydroxylation is 1. The Morgan fingerprint density at radius 3 is 2.88 bits per heavy atom. The predicted octanol–water partition coefficient (Wildman–Crippen LogP) is 2.44. The molecular weight excluding hydrogens is 320 g/mol. The highest BCUT2D eigenvalue weighted by atomic mass is 32.1. The van der Waals surface area contributed by atoms with Crippen molar-refractivity contribution in [3.63, 3.8) is 0 Å². The Hall–Kier alpha value is -1.79. The maximum atomic E-state index is 12.6. The number of likely N-dealkylation sites (tertiary alicyclic amines) is 2. The van der Waals surface area contributed by atoms with Crippen LogP contribution in [0.1, 0.15) is 26.7 Å². The quantitative estimate of drug-likeness (QED) is 0.860. The van der Waals surface area contributed by atoms with Gasteiger partial charge in [-0.2, -0.15) is 0 Å². The second-order valence-corrected chi connectivity index (χ2v) is 8.23. The first kappa shape index (κ1) is 15.7. The second kappa shape index (κ2) is 6.61. The average molecular weight is 342 g/mol. The maximum Gasteiger partial charge on any atom is 0.274 e. The summed E-state index contributed by atoms with van der Waals surface area (Å²) in [6.45, 7) is 7.14. The number of amides is 1. The Morgan fingerprint density at radius 2 is 2.12 bits per heavy atom. The topological polar surface area (TPSA) is 49.3 Å². The molecule has 2 aromatic rings. The first-order valence-corrected chi connectivity index (χ1v) is 9.33. The molecule has 2 saturated heterocycles. The monoisotopic (exact) mass is 342 g/mol. The number of nitrogens with zero attached hydrogens (tertiary/aromatic N) is 4. The van der Waals surface area contributed by atoms with Crippen LogP contribution in [0.5, 0.6) is 0 Å². The van der Waals surface area contributed by atoms with E-state index >= 15 is 0 Å². The minimum absolute atomic E-state index is 0.0221. The number of hydrogen-bond acceptors (Lipinski definition) is 5. The summed E-state index contributed by atoms with van der Waals surface area (Å²) in [6, 6.07) is 4.44. The molecule has 126 valence electrons. The van der Waals surface area contributed by atoms with Crippen LogP contribution in [0.15, 0.2) is 30.7 Å². The van der Waals surface area contributed by atoms with E-state index in [4.69, 9.17) is 0 Å². The third-order valence-corrected chi connectivity index (χ3v) is 6.11. The minimum atomic E-state index is 0.0221. The highest BCUT2D eigenvalue weighted by Crippen LogP contribution is 2.33. The summed E-state index contributed by atoms with van der Waals surface area (Å²) < 4.78 is 0. The molecule has 2 aliphatic heterocycles. The van der Waals surface area contributed by atoms with Crippen LogP contribution >= 0.6 is 11.3 Å². The standard InChI is InChI=1S/C18H22N4OS/c1-13-2-3-16(24-13)12-21-9-14-4-7-22(11-15(14)10-21)18(23)17-8-19-5-6-20-17/h2-3,5-6,8,14-15H,4,7,9-12H2,1H3/t14-,15-/m0/s1. The van der Waals surface area contributed by atoms with Crippen LogP contribution in [0, 0.1) is 18.8 Å². The van der Waals surface area contributed by atoms with Gasteiger partial charge in [-0.25, -0.2) is 4.98 Å². The Bertz CT molecular complexity index is 717. The number of thiophene rings is 1. The molecule has 0 bridgehead atoms. The Balaban J connectivity index is 1.38. The van der Waals surface area contributed by atoms with Crippen molar-refractivity contribution in [1.82, 2.24) is 19.8 Å². The molecule has 5 nitrogen and oxygen atoms in total. The van der Waals surface area contributed by atoms with E-state index in [1.165, 1.54) is 9.75 Å². The van der Waals surface area contributed by atoms with Gasteiger partial charge in [0.05, 0.1) is 6.20 Å². The Morgan fingerprint density at radius 1 is 1.25 bits per heavy atom. The first-order valence-electron chi connectivity index (χ1n) is 8.52. The number of piperidine rings is 1. The first-order chi connectivity index (χ1) is 11.7. The Labute approximate surface area is 146 Å². The number of carbonyl (C=O) groups excluding carboxylic acids is 1. The van der Waals surface area contributed by atoms with E-state index in [9.17, 15) is 4.79 Å². The van der Waals surface area contributed by atoms with Crippen molar-refractivity contribution >= 4 is 17.2 Å². The fraction of sp³-hybridized carbons (Fsp3) is 0.500. The summed E-state index contributed by atoms with van der Waals surface area (Å²) in [4.78, 5) is 28.1. The van der Waals surface area contributed by atoms with Crippen LogP contribution in [0.3, 0.4) is 0 Å². The van der Waals surface area contributed by atoms with Gasteiger partial charge in [0.15, 0.2) is 0 Å². The molecule has 2 fully saturated rings. The lowest BCUT2D eigenvalue weighted by molar-refractivity contribution is 0.0635. The molecule has 1 amide bonds. The number of rotatable bonds is 3. The Kier molecular flexibility index (Phi) is 4.33. The van der Waals surface area contributed by atoms with Gasteiger partial charge < -0.3 is 4.90 Å². The molecule has 4 heterocycles. The van der Waals surface area contributed by atoms with Crippen LogP contribution in [0.4, 0.5) is 0 Å². The molecular formula is C18H22N4OS. The number of fused-ring (bicyclic) bond motifs is 1. The molecule has 24 heavy (non-hydrogen) atoms. The van der Waals surface area contributed by atoms with Crippen LogP contribution in [0.25, 0.3) is 0 Å². The van der Waals surface area contributed by atoms with Gasteiger partial charge in [0.25, 0.3) is 5.91 Å². The van der Waals surface area contributed by atoms with E-state index in [1.807, 2.05) is 16.2 Å². The largest absolute Gasteiger partial charge is 0.337 e. The summed E-state index contributed by atoms with van der Waals surface area (Å²) in [5, 5.41) is 0. The van der Waals surface area contributed by atoms with Crippen molar-refractivity contribution in [2.24, 2.45) is 11.8 Å². The zero-order valence-electron chi connectivity index (χ0n) is 13.9. The predicted molar refractivity (Wildman–Crippen MR) is 93.9 cm³/mol. The van der Waals surface area contributed by atoms with Crippen molar-refractivity contribution in [3.8, 4) is 0 Å². The maximum absolute atomic E-state index is 12.6. The highest BCUT2D eigenvalue weighted by molar-refractivity contribution is 7.11. The van der Waals surface area contributed by atoms with Gasteiger partial charge in [0.1, 0.15) is 5.69 Å². The van der Waals surface area contributed by atoms with Crippen molar-refractivity contribution in [3.05, 3.63) is 46.2 Å². The van der Waals surface area contributed by atoms with E-state index in [0.29, 0.717) is 11.6 Å². The molecule has 0 spiro atoms. The molecule has 0 N–H and O–H groups in total. The second-order valence-electron chi connectivity index (χ2n) is 6.86. The van der Waals surface area contributed by atoms with Crippen LogP contribution < -0.4 is 0 Å². The van der Waals surface area contributed by atoms with E-state index in [2.05, 4.69) is 33.9 Å². The number of carbonyl (C=O) groups is 1. The molecule has 4 rings (SSSR count). The summed E-state index contributed by atoms with van der Waals surface area (Å²) in [7, 11) is 0. The van der Waals surface area contributed by atoms with Gasteiger partial charge in [-0.05, 0) is 37.3 Å². The molecule has 0 aliphatic carbocycles. The summed E-state index contributed by atoms with van der Waals surface area (Å²) in [5.41, 5.74) is 0.458. The fourth-order valence-electron chi connectivity index (χ4n) is 3.94. The molecule has 2 atom stereocenters. The normalized spacial score (nSPS) is 24.1. The van der Waals surface area contributed by atoms with Crippen molar-refractivity contribution in [1.29, 1.82) is 0 Å². The molecule has 0 unspecified atom stereocenters. The third kappa shape index (κ3) is 3.21. The summed E-state index contributed by atoms with van der Waals surface area (Å²) in [5.74, 6) is 1.33. The van der Waals surface area contributed by atoms with E-state index < -0.39 is 0 Å². The molecule has 2 aliphatic rings. The smallest absolute Gasteiger partial charge is 0.274 e. The van der Waals surface area contributed by atoms with E-state index in [-0.39, 0.29) is 5.91 Å². The van der Waals surface area contributed by atoms with Gasteiger partial charge in [0.2, 0.25) is 0 Å². The summed E-state index contributed by atoms with van der Waals surface area (Å²) >= 11 is 1.89. The lowest BCUT2D eigenvalue weighted by atomic mass is 9.88. The zero-order valence-corrected chi connectivity index (χ0v) is 14.7. The highest BCUT2D eigenvalue weighted by Gasteiger charge is 2.38. The molecule has 0 radical (unpaired) electrons. The van der Waals surface area contributed by atoms with Crippen molar-refractivity contribution < 1.29 is 4.79 Å². The van der Waals surface area contributed by atoms with Gasteiger partial charge in [0, 0.05) is 54.9 Å². The van der Waals surface area contributed by atoms with Crippen LogP contribution in [0.2, 0.25) is 0 Å². The molecule has 2 aromatic heterocycles. The number of hydrogen-bond donors (Lipinski definition) is 0. The lowest BCUT2D eigenvalue weighted by Gasteiger charge is -2.34. The molecule has 6 heteroatoms. The average Bonchev–Trinajstić information content (AvgIpc) is 3.19. The van der Waals surface area contributed by atoms with E-state index in [1.54, 1.807) is 18.6 Å². The van der Waals surface area contributed by atoms with Gasteiger partial charge >= 0.3 is 0 Å². The van der Waals surface area contributed by atoms with Crippen LogP contribution in [-0.4, -0.2) is 51.9 Å². The van der Waals surface area contributed by atoms with E-state index in [0.717, 1.165) is 45.1 Å². The fourth-order valence-corrected chi connectivity index (χ4v) is 4.87. The van der Waals surface area contributed by atoms with Gasteiger partial charge in [-0.3, -0.25) is 14.7 Å².